The minimum atomic E-state index is -0.938. The van der Waals surface area contributed by atoms with Crippen molar-refractivity contribution in [2.75, 3.05) is 6.54 Å². The molecule has 0 radical (unpaired) electrons. The molecule has 0 aliphatic carbocycles. The van der Waals surface area contributed by atoms with Crippen molar-refractivity contribution < 1.29 is 19.4 Å². The van der Waals surface area contributed by atoms with E-state index in [0.717, 1.165) is 29.7 Å². The Morgan fingerprint density at radius 3 is 1.94 bits per heavy atom. The molecule has 3 aromatic carbocycles. The largest absolute Gasteiger partial charge is 0.486 e. The topological polar surface area (TPSA) is 75.6 Å². The van der Waals surface area contributed by atoms with Gasteiger partial charge in [-0.2, -0.15) is 0 Å². The van der Waals surface area contributed by atoms with E-state index >= 15 is 0 Å². The van der Waals surface area contributed by atoms with Gasteiger partial charge in [-0.1, -0.05) is 75.7 Å². The normalized spacial score (nSPS) is 11.8. The molecule has 0 fully saturated rings. The van der Waals surface area contributed by atoms with Crippen molar-refractivity contribution in [1.82, 2.24) is 5.32 Å². The summed E-state index contributed by atoms with van der Waals surface area (Å²) in [6, 6.07) is 24.1. The predicted octanol–water partition coefficient (Wildman–Crippen LogP) is 6.60. The highest BCUT2D eigenvalue weighted by Gasteiger charge is 2.14. The van der Waals surface area contributed by atoms with Crippen LogP contribution in [-0.4, -0.2) is 23.5 Å². The standard InChI is InChI=1S/C29H33NO4/c1-4-5-27(24-10-12-25(13-11-24)29(33)30-19-18-28(31)32)34-26-16-14-23(15-17-26)22-8-6-21(7-9-22)20(2)3/h6-17,20,27H,4-5,18-19H2,1-3H3,(H,30,33)(H,31,32). The third kappa shape index (κ3) is 6.95. The van der Waals surface area contributed by atoms with Gasteiger partial charge in [-0.3, -0.25) is 9.59 Å². The fraction of sp³-hybridized carbons (Fsp3) is 0.310. The molecular weight excluding hydrogens is 426 g/mol. The van der Waals surface area contributed by atoms with Crippen LogP contribution in [-0.2, 0) is 4.79 Å². The van der Waals surface area contributed by atoms with Gasteiger partial charge in [0.15, 0.2) is 0 Å². The fourth-order valence-corrected chi connectivity index (χ4v) is 3.74. The van der Waals surface area contributed by atoms with Crippen LogP contribution in [0, 0.1) is 0 Å². The van der Waals surface area contributed by atoms with Crippen molar-refractivity contribution in [3.05, 3.63) is 89.5 Å². The van der Waals surface area contributed by atoms with Crippen LogP contribution in [0.2, 0.25) is 0 Å². The molecule has 5 heteroatoms. The molecule has 0 saturated carbocycles. The van der Waals surface area contributed by atoms with Crippen LogP contribution in [0.4, 0.5) is 0 Å². The number of benzene rings is 3. The Morgan fingerprint density at radius 1 is 0.853 bits per heavy atom. The number of hydrogen-bond acceptors (Lipinski definition) is 3. The Balaban J connectivity index is 1.66. The minimum absolute atomic E-state index is 0.0989. The molecule has 0 aromatic heterocycles. The van der Waals surface area contributed by atoms with Crippen molar-refractivity contribution in [3.63, 3.8) is 0 Å². The Bertz CT molecular complexity index is 1070. The van der Waals surface area contributed by atoms with E-state index in [0.29, 0.717) is 11.5 Å². The van der Waals surface area contributed by atoms with Crippen LogP contribution in [0.5, 0.6) is 5.75 Å². The van der Waals surface area contributed by atoms with Gasteiger partial charge in [-0.15, -0.1) is 0 Å². The number of ether oxygens (including phenoxy) is 1. The highest BCUT2D eigenvalue weighted by Crippen LogP contribution is 2.29. The number of carbonyl (C=O) groups is 2. The summed E-state index contributed by atoms with van der Waals surface area (Å²) in [6.07, 6.45) is 1.59. The predicted molar refractivity (Wildman–Crippen MR) is 135 cm³/mol. The van der Waals surface area contributed by atoms with Gasteiger partial charge in [0.1, 0.15) is 11.9 Å². The average Bonchev–Trinajstić information content (AvgIpc) is 2.84. The second kappa shape index (κ2) is 12.0. The number of carboxylic acid groups (broad SMARTS) is 1. The number of carboxylic acids is 1. The zero-order chi connectivity index (χ0) is 24.5. The number of amides is 1. The summed E-state index contributed by atoms with van der Waals surface area (Å²) in [5.41, 5.74) is 5.15. The molecule has 0 heterocycles. The highest BCUT2D eigenvalue weighted by molar-refractivity contribution is 5.94. The zero-order valence-corrected chi connectivity index (χ0v) is 20.1. The number of rotatable bonds is 11. The third-order valence-electron chi connectivity index (χ3n) is 5.76. The fourth-order valence-electron chi connectivity index (χ4n) is 3.74. The quantitative estimate of drug-likeness (QED) is 0.339. The monoisotopic (exact) mass is 459 g/mol. The summed E-state index contributed by atoms with van der Waals surface area (Å²) in [6.45, 7) is 6.61. The average molecular weight is 460 g/mol. The molecule has 3 rings (SSSR count). The number of carbonyl (C=O) groups excluding carboxylic acids is 1. The van der Waals surface area contributed by atoms with Gasteiger partial charge < -0.3 is 15.2 Å². The molecule has 2 N–H and O–H groups in total. The number of nitrogens with one attached hydrogen (secondary N) is 1. The molecule has 3 aromatic rings. The van der Waals surface area contributed by atoms with Gasteiger partial charge in [-0.25, -0.2) is 0 Å². The molecule has 0 saturated heterocycles. The second-order valence-electron chi connectivity index (χ2n) is 8.72. The molecular formula is C29H33NO4. The maximum atomic E-state index is 12.2. The first-order valence-corrected chi connectivity index (χ1v) is 11.8. The molecule has 0 spiro atoms. The smallest absolute Gasteiger partial charge is 0.305 e. The Kier molecular flexibility index (Phi) is 8.86. The molecule has 178 valence electrons. The van der Waals surface area contributed by atoms with E-state index in [1.54, 1.807) is 12.1 Å². The molecule has 0 bridgehead atoms. The lowest BCUT2D eigenvalue weighted by molar-refractivity contribution is -0.136. The van der Waals surface area contributed by atoms with Crippen LogP contribution in [0.3, 0.4) is 0 Å². The molecule has 5 nitrogen and oxygen atoms in total. The van der Waals surface area contributed by atoms with Crippen molar-refractivity contribution in [2.24, 2.45) is 0 Å². The Morgan fingerprint density at radius 2 is 1.41 bits per heavy atom. The van der Waals surface area contributed by atoms with Gasteiger partial charge in [-0.05, 0) is 58.9 Å². The molecule has 1 unspecified atom stereocenters. The number of hydrogen-bond donors (Lipinski definition) is 2. The molecule has 1 amide bonds. The third-order valence-corrected chi connectivity index (χ3v) is 5.76. The van der Waals surface area contributed by atoms with Gasteiger partial charge in [0.25, 0.3) is 5.91 Å². The van der Waals surface area contributed by atoms with E-state index in [1.807, 2.05) is 24.3 Å². The summed E-state index contributed by atoms with van der Waals surface area (Å²) < 4.78 is 6.31. The first-order chi connectivity index (χ1) is 16.4. The van der Waals surface area contributed by atoms with Crippen LogP contribution in [0.1, 0.15) is 73.5 Å². The zero-order valence-electron chi connectivity index (χ0n) is 20.1. The van der Waals surface area contributed by atoms with E-state index in [-0.39, 0.29) is 25.0 Å². The van der Waals surface area contributed by atoms with E-state index in [1.165, 1.54) is 11.1 Å². The van der Waals surface area contributed by atoms with Gasteiger partial charge >= 0.3 is 5.97 Å². The number of aliphatic carboxylic acids is 1. The van der Waals surface area contributed by atoms with Crippen molar-refractivity contribution in [3.8, 4) is 16.9 Å². The van der Waals surface area contributed by atoms with Crippen molar-refractivity contribution in [2.45, 2.75) is 52.1 Å². The molecule has 0 aliphatic rings. The van der Waals surface area contributed by atoms with Gasteiger partial charge in [0.05, 0.1) is 6.42 Å². The molecule has 0 aliphatic heterocycles. The van der Waals surface area contributed by atoms with Crippen molar-refractivity contribution >= 4 is 11.9 Å². The van der Waals surface area contributed by atoms with Crippen molar-refractivity contribution in [1.29, 1.82) is 0 Å². The van der Waals surface area contributed by atoms with Crippen LogP contribution < -0.4 is 10.1 Å². The Labute approximate surface area is 201 Å². The summed E-state index contributed by atoms with van der Waals surface area (Å²) in [4.78, 5) is 22.8. The van der Waals surface area contributed by atoms with Gasteiger partial charge in [0, 0.05) is 12.1 Å². The second-order valence-corrected chi connectivity index (χ2v) is 8.72. The molecule has 34 heavy (non-hydrogen) atoms. The maximum Gasteiger partial charge on any atom is 0.305 e. The lowest BCUT2D eigenvalue weighted by Gasteiger charge is -2.20. The van der Waals surface area contributed by atoms with E-state index in [4.69, 9.17) is 9.84 Å². The van der Waals surface area contributed by atoms with E-state index < -0.39 is 5.97 Å². The molecule has 1 atom stereocenters. The van der Waals surface area contributed by atoms with E-state index in [9.17, 15) is 9.59 Å². The summed E-state index contributed by atoms with van der Waals surface area (Å²) >= 11 is 0. The minimum Gasteiger partial charge on any atom is -0.486 e. The lowest BCUT2D eigenvalue weighted by Crippen LogP contribution is -2.26. The summed E-state index contributed by atoms with van der Waals surface area (Å²) in [5, 5.41) is 11.3. The first-order valence-electron chi connectivity index (χ1n) is 11.8. The summed E-state index contributed by atoms with van der Waals surface area (Å²) in [5.74, 6) is 0.0993. The van der Waals surface area contributed by atoms with Crippen LogP contribution in [0.15, 0.2) is 72.8 Å². The highest BCUT2D eigenvalue weighted by atomic mass is 16.5. The maximum absolute atomic E-state index is 12.2. The van der Waals surface area contributed by atoms with Crippen LogP contribution >= 0.6 is 0 Å². The van der Waals surface area contributed by atoms with Crippen LogP contribution in [0.25, 0.3) is 11.1 Å². The SMILES string of the molecule is CCCC(Oc1ccc(-c2ccc(C(C)C)cc2)cc1)c1ccc(C(=O)NCCC(=O)O)cc1. The first kappa shape index (κ1) is 25.0. The lowest BCUT2D eigenvalue weighted by atomic mass is 9.99. The Hall–Kier alpha value is -3.60. The van der Waals surface area contributed by atoms with E-state index in [2.05, 4.69) is 62.5 Å². The van der Waals surface area contributed by atoms with Gasteiger partial charge in [0.2, 0.25) is 0 Å². The summed E-state index contributed by atoms with van der Waals surface area (Å²) in [7, 11) is 0.